The van der Waals surface area contributed by atoms with Gasteiger partial charge in [0.1, 0.15) is 0 Å². The lowest BCUT2D eigenvalue weighted by atomic mass is 10.2. The summed E-state index contributed by atoms with van der Waals surface area (Å²) in [6, 6.07) is 7.84. The van der Waals surface area contributed by atoms with Crippen molar-refractivity contribution in [3.63, 3.8) is 0 Å². The van der Waals surface area contributed by atoms with Crippen molar-refractivity contribution in [2.45, 2.75) is 6.04 Å². The molecule has 1 aliphatic heterocycles. The normalized spacial score (nSPS) is 18.4. The number of benzene rings is 1. The molecule has 7 nitrogen and oxygen atoms in total. The molecule has 0 saturated carbocycles. The predicted molar refractivity (Wildman–Crippen MR) is 74.1 cm³/mol. The van der Waals surface area contributed by atoms with Gasteiger partial charge >= 0.3 is 0 Å². The van der Waals surface area contributed by atoms with E-state index in [0.717, 1.165) is 0 Å². The van der Waals surface area contributed by atoms with Crippen molar-refractivity contribution in [1.29, 1.82) is 0 Å². The summed E-state index contributed by atoms with van der Waals surface area (Å²) in [6.45, 7) is -0.450. The number of nitrogens with zero attached hydrogens (tertiary/aromatic N) is 3. The van der Waals surface area contributed by atoms with E-state index < -0.39 is 18.6 Å². The molecule has 0 spiro atoms. The Hall–Kier alpha value is -2.41. The van der Waals surface area contributed by atoms with E-state index in [-0.39, 0.29) is 11.7 Å². The fourth-order valence-corrected chi connectivity index (χ4v) is 1.75. The Labute approximate surface area is 116 Å². The average molecular weight is 276 g/mol. The van der Waals surface area contributed by atoms with Crippen LogP contribution in [0.5, 0.6) is 0 Å². The van der Waals surface area contributed by atoms with Crippen LogP contribution in [0.3, 0.4) is 0 Å². The van der Waals surface area contributed by atoms with Crippen LogP contribution in [-0.2, 0) is 9.59 Å². The third-order valence-corrected chi connectivity index (χ3v) is 2.80. The summed E-state index contributed by atoms with van der Waals surface area (Å²) in [5, 5.41) is 10.5. The van der Waals surface area contributed by atoms with Crippen LogP contribution in [0.15, 0.2) is 35.3 Å². The highest BCUT2D eigenvalue weighted by atomic mass is 16.3. The molecule has 0 aromatic heterocycles. The maximum Gasteiger partial charge on any atom is 0.290 e. The third-order valence-electron chi connectivity index (χ3n) is 2.80. The molecular weight excluding hydrogens is 260 g/mol. The van der Waals surface area contributed by atoms with Crippen LogP contribution in [0.4, 0.5) is 5.69 Å². The van der Waals surface area contributed by atoms with Gasteiger partial charge in [0.15, 0.2) is 6.04 Å². The van der Waals surface area contributed by atoms with E-state index in [1.807, 2.05) is 6.07 Å². The number of likely N-dealkylation sites (N-methyl/N-ethyl adjacent to an activating group) is 1. The van der Waals surface area contributed by atoms with Crippen LogP contribution in [0.2, 0.25) is 0 Å². The Morgan fingerprint density at radius 3 is 2.60 bits per heavy atom. The largest absolute Gasteiger partial charge is 0.394 e. The maximum absolute atomic E-state index is 12.2. The summed E-state index contributed by atoms with van der Waals surface area (Å²) < 4.78 is 0. The van der Waals surface area contributed by atoms with E-state index in [9.17, 15) is 14.7 Å². The maximum atomic E-state index is 12.2. The molecule has 1 aromatic carbocycles. The van der Waals surface area contributed by atoms with Crippen LogP contribution in [0.1, 0.15) is 0 Å². The van der Waals surface area contributed by atoms with Gasteiger partial charge in [0.2, 0.25) is 5.84 Å². The van der Waals surface area contributed by atoms with Crippen molar-refractivity contribution < 1.29 is 14.7 Å². The van der Waals surface area contributed by atoms with Gasteiger partial charge in [-0.2, -0.15) is 0 Å². The zero-order valence-electron chi connectivity index (χ0n) is 11.3. The number of nitrogens with one attached hydrogen (secondary N) is 1. The fourth-order valence-electron chi connectivity index (χ4n) is 1.75. The summed E-state index contributed by atoms with van der Waals surface area (Å²) in [5.74, 6) is -0.747. The Morgan fingerprint density at radius 1 is 1.40 bits per heavy atom. The number of carbonyl (C=O) groups is 2. The molecule has 1 aliphatic rings. The first-order valence-electron chi connectivity index (χ1n) is 6.10. The second-order valence-electron chi connectivity index (χ2n) is 4.50. The highest BCUT2D eigenvalue weighted by Crippen LogP contribution is 2.16. The van der Waals surface area contributed by atoms with Crippen molar-refractivity contribution in [2.24, 2.45) is 4.99 Å². The molecule has 106 valence electrons. The van der Waals surface area contributed by atoms with Gasteiger partial charge in [-0.3, -0.25) is 15.0 Å². The van der Waals surface area contributed by atoms with Crippen LogP contribution in [0.25, 0.3) is 0 Å². The second-order valence-corrected chi connectivity index (χ2v) is 4.50. The van der Waals surface area contributed by atoms with Crippen molar-refractivity contribution in [1.82, 2.24) is 10.3 Å². The lowest BCUT2D eigenvalue weighted by Gasteiger charge is -2.31. The van der Waals surface area contributed by atoms with E-state index in [2.05, 4.69) is 10.4 Å². The summed E-state index contributed by atoms with van der Waals surface area (Å²) in [6.07, 6.45) is 0. The number of amidine groups is 1. The van der Waals surface area contributed by atoms with Gasteiger partial charge < -0.3 is 10.0 Å². The smallest absolute Gasteiger partial charge is 0.290 e. The van der Waals surface area contributed by atoms with Gasteiger partial charge in [-0.25, -0.2) is 10.0 Å². The zero-order valence-corrected chi connectivity index (χ0v) is 11.3. The minimum absolute atomic E-state index is 0.0255. The van der Waals surface area contributed by atoms with Crippen molar-refractivity contribution in [3.8, 4) is 0 Å². The molecule has 1 unspecified atom stereocenters. The molecule has 2 N–H and O–H groups in total. The lowest BCUT2D eigenvalue weighted by molar-refractivity contribution is -0.123. The zero-order chi connectivity index (χ0) is 14.7. The topological polar surface area (TPSA) is 85.2 Å². The Kier molecular flexibility index (Phi) is 3.99. The van der Waals surface area contributed by atoms with Crippen LogP contribution in [0, 0.1) is 0 Å². The minimum Gasteiger partial charge on any atom is -0.394 e. The third kappa shape index (κ3) is 2.62. The number of aliphatic imine (C=N–C) groups is 1. The number of aliphatic hydroxyl groups is 1. The molecule has 2 rings (SSSR count). The van der Waals surface area contributed by atoms with Crippen molar-refractivity contribution >= 4 is 23.3 Å². The summed E-state index contributed by atoms with van der Waals surface area (Å²) in [5.41, 5.74) is 3.28. The molecule has 0 bridgehead atoms. The number of para-hydroxylation sites is 1. The van der Waals surface area contributed by atoms with Gasteiger partial charge in [0, 0.05) is 14.1 Å². The molecule has 1 aromatic rings. The first-order valence-corrected chi connectivity index (χ1v) is 6.10. The number of amides is 2. The molecule has 1 heterocycles. The summed E-state index contributed by atoms with van der Waals surface area (Å²) in [7, 11) is 3.17. The molecule has 0 saturated heterocycles. The molecule has 7 heteroatoms. The number of aliphatic hydroxyl groups excluding tert-OH is 1. The molecular formula is C13H16N4O3. The van der Waals surface area contributed by atoms with E-state index in [4.69, 9.17) is 0 Å². The number of rotatable bonds is 3. The molecule has 1 atom stereocenters. The monoisotopic (exact) mass is 276 g/mol. The lowest BCUT2D eigenvalue weighted by Crippen LogP contribution is -2.59. The van der Waals surface area contributed by atoms with Gasteiger partial charge in [-0.15, -0.1) is 0 Å². The van der Waals surface area contributed by atoms with Gasteiger partial charge in [-0.05, 0) is 12.1 Å². The molecule has 0 radical (unpaired) electrons. The molecule has 0 fully saturated rings. The highest BCUT2D eigenvalue weighted by Gasteiger charge is 2.33. The van der Waals surface area contributed by atoms with Crippen LogP contribution < -0.4 is 10.4 Å². The van der Waals surface area contributed by atoms with Gasteiger partial charge in [-0.1, -0.05) is 18.2 Å². The van der Waals surface area contributed by atoms with E-state index >= 15 is 0 Å². The first kappa shape index (κ1) is 14.0. The number of hydrogen-bond acceptors (Lipinski definition) is 5. The molecule has 2 amide bonds. The average Bonchev–Trinajstić information content (AvgIpc) is 2.47. The molecule has 0 aliphatic carbocycles. The SMILES string of the molecule is CN(C)C(=O)C1=NC(CO)C(=O)N(c2ccccc2)N1. The molecule has 20 heavy (non-hydrogen) atoms. The highest BCUT2D eigenvalue weighted by molar-refractivity contribution is 6.39. The quantitative estimate of drug-likeness (QED) is 0.771. The number of hydrogen-bond donors (Lipinski definition) is 2. The van der Waals surface area contributed by atoms with Gasteiger partial charge in [0.05, 0.1) is 12.3 Å². The Morgan fingerprint density at radius 2 is 2.05 bits per heavy atom. The minimum atomic E-state index is -0.977. The van der Waals surface area contributed by atoms with Crippen molar-refractivity contribution in [2.75, 3.05) is 25.7 Å². The van der Waals surface area contributed by atoms with Crippen LogP contribution >= 0.6 is 0 Å². The first-order chi connectivity index (χ1) is 9.54. The number of carbonyl (C=O) groups excluding carboxylic acids is 2. The Balaban J connectivity index is 2.35. The van der Waals surface area contributed by atoms with E-state index in [0.29, 0.717) is 5.69 Å². The van der Waals surface area contributed by atoms with Crippen LogP contribution in [-0.4, -0.2) is 54.4 Å². The number of anilines is 1. The summed E-state index contributed by atoms with van der Waals surface area (Å²) in [4.78, 5) is 29.4. The fraction of sp³-hybridized carbons (Fsp3) is 0.308. The Bertz CT molecular complexity index is 542. The summed E-state index contributed by atoms with van der Waals surface area (Å²) >= 11 is 0. The van der Waals surface area contributed by atoms with Gasteiger partial charge in [0.25, 0.3) is 11.8 Å². The predicted octanol–water partition coefficient (Wildman–Crippen LogP) is -0.615. The van der Waals surface area contributed by atoms with Crippen molar-refractivity contribution in [3.05, 3.63) is 30.3 Å². The van der Waals surface area contributed by atoms with E-state index in [1.54, 1.807) is 38.4 Å². The van der Waals surface area contributed by atoms with E-state index in [1.165, 1.54) is 9.91 Å². The second kappa shape index (κ2) is 5.70. The number of hydrazine groups is 1. The standard InChI is InChI=1S/C13H16N4O3/c1-16(2)13(20)11-14-10(8-18)12(19)17(15-11)9-6-4-3-5-7-9/h3-7,10,18H,8H2,1-2H3,(H,14,15).